The lowest BCUT2D eigenvalue weighted by Gasteiger charge is -2.39. The maximum atomic E-state index is 14.1. The maximum Gasteiger partial charge on any atom is 0.407 e. The van der Waals surface area contributed by atoms with Crippen LogP contribution in [0.25, 0.3) is 0 Å². The van der Waals surface area contributed by atoms with Crippen LogP contribution in [0.4, 0.5) is 4.79 Å². The second kappa shape index (κ2) is 17.5. The number of pyridine rings is 1. The second-order valence-electron chi connectivity index (χ2n) is 13.0. The van der Waals surface area contributed by atoms with Gasteiger partial charge < -0.3 is 54.6 Å². The number of alkyl carbamates (subject to hydrolysis) is 1. The average molecular weight is 733 g/mol. The minimum absolute atomic E-state index is 0.0354. The maximum absolute atomic E-state index is 14.1. The van der Waals surface area contributed by atoms with E-state index in [1.54, 1.807) is 32.9 Å². The van der Waals surface area contributed by atoms with Gasteiger partial charge >= 0.3 is 11.8 Å². The lowest BCUT2D eigenvalue weighted by molar-refractivity contribution is -0.304. The van der Waals surface area contributed by atoms with Crippen LogP contribution in [0.5, 0.6) is 0 Å². The van der Waals surface area contributed by atoms with Gasteiger partial charge in [0.25, 0.3) is 11.5 Å². The first kappa shape index (κ1) is 39.9. The molecule has 3 amide bonds. The molecule has 0 aliphatic carbocycles. The molecule has 3 aromatic heterocycles. The summed E-state index contributed by atoms with van der Waals surface area (Å²) >= 11 is 0. The van der Waals surface area contributed by atoms with Gasteiger partial charge in [-0.25, -0.2) is 9.59 Å². The van der Waals surface area contributed by atoms with Crippen molar-refractivity contribution in [2.45, 2.75) is 89.7 Å². The number of nitrogens with one attached hydrogen (secondary N) is 3. The summed E-state index contributed by atoms with van der Waals surface area (Å²) in [6.07, 6.45) is -4.09. The lowest BCUT2D eigenvalue weighted by Crippen LogP contribution is -2.59. The van der Waals surface area contributed by atoms with Gasteiger partial charge in [0.05, 0.1) is 6.61 Å². The van der Waals surface area contributed by atoms with Crippen molar-refractivity contribution >= 4 is 17.9 Å². The van der Waals surface area contributed by atoms with Gasteiger partial charge in [0, 0.05) is 43.8 Å². The van der Waals surface area contributed by atoms with Gasteiger partial charge in [-0.1, -0.05) is 6.07 Å². The summed E-state index contributed by atoms with van der Waals surface area (Å²) < 4.78 is 23.1. The van der Waals surface area contributed by atoms with Gasteiger partial charge in [0.2, 0.25) is 5.91 Å². The number of aromatic amines is 1. The Labute approximate surface area is 297 Å². The highest BCUT2D eigenvalue weighted by Gasteiger charge is 2.44. The van der Waals surface area contributed by atoms with Gasteiger partial charge in [0.1, 0.15) is 54.7 Å². The van der Waals surface area contributed by atoms with Gasteiger partial charge in [-0.3, -0.25) is 28.9 Å². The smallest absolute Gasteiger partial charge is 0.407 e. The third-order valence-electron chi connectivity index (χ3n) is 7.73. The molecule has 3 aromatic rings. The zero-order chi connectivity index (χ0) is 38.2. The molecule has 7 N–H and O–H groups in total. The largest absolute Gasteiger partial charge is 0.461 e. The van der Waals surface area contributed by atoms with Gasteiger partial charge in [-0.2, -0.15) is 0 Å². The first-order valence-electron chi connectivity index (χ1n) is 16.3. The summed E-state index contributed by atoms with van der Waals surface area (Å²) in [6.45, 7) is 4.63. The number of hydrogen-bond acceptors (Lipinski definition) is 14. The summed E-state index contributed by atoms with van der Waals surface area (Å²) in [5.41, 5.74) is -1.52. The van der Waals surface area contributed by atoms with Crippen molar-refractivity contribution in [2.24, 2.45) is 0 Å². The fourth-order valence-corrected chi connectivity index (χ4v) is 5.16. The van der Waals surface area contributed by atoms with Crippen LogP contribution in [-0.4, -0.2) is 114 Å². The third kappa shape index (κ3) is 10.6. The van der Waals surface area contributed by atoms with E-state index in [0.717, 1.165) is 9.47 Å². The number of furan rings is 1. The number of carbonyl (C=O) groups is 3. The molecule has 0 radical (unpaired) electrons. The molecule has 1 aliphatic heterocycles. The number of aromatic nitrogens is 3. The number of nitrogens with zero attached hydrogens (tertiary/aromatic N) is 3. The van der Waals surface area contributed by atoms with E-state index in [1.165, 1.54) is 37.6 Å². The van der Waals surface area contributed by atoms with Crippen LogP contribution in [0.15, 0.2) is 56.9 Å². The number of aliphatic hydroxyl groups excluding tert-OH is 4. The third-order valence-corrected chi connectivity index (χ3v) is 7.73. The van der Waals surface area contributed by atoms with Crippen LogP contribution in [0, 0.1) is 6.92 Å². The van der Waals surface area contributed by atoms with Crippen LogP contribution >= 0.6 is 0 Å². The first-order valence-corrected chi connectivity index (χ1v) is 16.3. The Balaban J connectivity index is 1.62. The molecule has 19 nitrogen and oxygen atoms in total. The van der Waals surface area contributed by atoms with Crippen molar-refractivity contribution in [3.63, 3.8) is 0 Å². The van der Waals surface area contributed by atoms with Crippen molar-refractivity contribution < 1.29 is 53.4 Å². The van der Waals surface area contributed by atoms with Gasteiger partial charge in [-0.15, -0.1) is 0 Å². The summed E-state index contributed by atoms with van der Waals surface area (Å²) in [5.74, 6) is -1.41. The van der Waals surface area contributed by atoms with Gasteiger partial charge in [0.15, 0.2) is 12.3 Å². The van der Waals surface area contributed by atoms with Crippen molar-refractivity contribution in [3.8, 4) is 0 Å². The zero-order valence-electron chi connectivity index (χ0n) is 29.1. The molecule has 4 heterocycles. The topological polar surface area (TPSA) is 268 Å². The van der Waals surface area contributed by atoms with Crippen molar-refractivity contribution in [1.82, 2.24) is 30.1 Å². The Bertz CT molecular complexity index is 1780. The quantitative estimate of drug-likeness (QED) is 0.0937. The molecular weight excluding hydrogens is 688 g/mol. The number of rotatable bonds is 14. The van der Waals surface area contributed by atoms with Crippen molar-refractivity contribution in [1.29, 1.82) is 0 Å². The van der Waals surface area contributed by atoms with E-state index < -0.39 is 84.7 Å². The van der Waals surface area contributed by atoms with Crippen LogP contribution in [0.2, 0.25) is 0 Å². The fraction of sp³-hybridized carbons (Fsp3) is 0.515. The SMILES string of the molecule is Cc1cn(CC(=O)N(Cc2cccnc2)C(C(=O)NCCNC(=O)OC(C)(C)C)c2ccc(COC3OC(CO)C(O)C(O)C3O)o2)c(=O)[nH]c1=O. The molecule has 1 saturated heterocycles. The molecule has 1 aliphatic rings. The minimum Gasteiger partial charge on any atom is -0.461 e. The van der Waals surface area contributed by atoms with E-state index in [2.05, 4.69) is 20.6 Å². The Kier molecular flexibility index (Phi) is 13.4. The number of hydrogen-bond donors (Lipinski definition) is 7. The number of amides is 3. The van der Waals surface area contributed by atoms with Crippen molar-refractivity contribution in [2.75, 3.05) is 19.7 Å². The number of ether oxygens (including phenoxy) is 3. The van der Waals surface area contributed by atoms with E-state index in [-0.39, 0.29) is 43.3 Å². The Morgan fingerprint density at radius 2 is 1.81 bits per heavy atom. The highest BCUT2D eigenvalue weighted by molar-refractivity contribution is 5.88. The molecule has 0 spiro atoms. The minimum atomic E-state index is -1.67. The molecule has 4 rings (SSSR count). The standard InChI is InChI=1S/C33H44N6O13/c1-18-13-38(31(47)37-28(18)45)15-23(41)39(14-19-6-5-9-34-12-19)24(29(46)35-10-11-36-32(48)52-33(2,3)4)21-8-7-20(50-21)17-49-30-27(44)26(43)25(42)22(16-40)51-30/h5-9,12-13,22,24-27,30,40,42-44H,10-11,14-17H2,1-4H3,(H,35,46)(H,36,48)(H,37,45,47). The van der Waals surface area contributed by atoms with Crippen molar-refractivity contribution in [3.05, 3.63) is 86.3 Å². The molecule has 6 atom stereocenters. The lowest BCUT2D eigenvalue weighted by atomic mass is 9.99. The van der Waals surface area contributed by atoms with Crippen LogP contribution < -0.4 is 21.9 Å². The number of carbonyl (C=O) groups excluding carboxylic acids is 3. The predicted molar refractivity (Wildman–Crippen MR) is 178 cm³/mol. The summed E-state index contributed by atoms with van der Waals surface area (Å²) in [4.78, 5) is 72.1. The molecule has 52 heavy (non-hydrogen) atoms. The number of aliphatic hydroxyl groups is 4. The number of H-pyrrole nitrogens is 1. The van der Waals surface area contributed by atoms with E-state index >= 15 is 0 Å². The molecular formula is C33H44N6O13. The first-order chi connectivity index (χ1) is 24.6. The number of aryl methyl sites for hydroxylation is 1. The zero-order valence-corrected chi connectivity index (χ0v) is 29.1. The van der Waals surface area contributed by atoms with Gasteiger partial charge in [-0.05, 0) is 51.5 Å². The fourth-order valence-electron chi connectivity index (χ4n) is 5.16. The average Bonchev–Trinajstić information content (AvgIpc) is 3.55. The molecule has 0 saturated carbocycles. The van der Waals surface area contributed by atoms with Crippen LogP contribution in [0.3, 0.4) is 0 Å². The predicted octanol–water partition coefficient (Wildman–Crippen LogP) is -1.44. The molecule has 1 fully saturated rings. The molecule has 19 heteroatoms. The van der Waals surface area contributed by atoms with Crippen LogP contribution in [0.1, 0.15) is 49.5 Å². The molecule has 0 aromatic carbocycles. The molecule has 284 valence electrons. The van der Waals surface area contributed by atoms with E-state index in [0.29, 0.717) is 5.56 Å². The highest BCUT2D eigenvalue weighted by Crippen LogP contribution is 2.28. The highest BCUT2D eigenvalue weighted by atomic mass is 16.7. The van der Waals surface area contributed by atoms with E-state index in [4.69, 9.17) is 18.6 Å². The Morgan fingerprint density at radius 3 is 2.48 bits per heavy atom. The second-order valence-corrected chi connectivity index (χ2v) is 13.0. The molecule has 0 bridgehead atoms. The van der Waals surface area contributed by atoms with Crippen LogP contribution in [-0.2, 0) is 43.5 Å². The summed E-state index contributed by atoms with van der Waals surface area (Å²) in [5, 5.41) is 45.2. The normalized spacial score (nSPS) is 20.9. The van der Waals surface area contributed by atoms with E-state index in [1.807, 2.05) is 0 Å². The monoisotopic (exact) mass is 732 g/mol. The summed E-state index contributed by atoms with van der Waals surface area (Å²) in [7, 11) is 0. The Morgan fingerprint density at radius 1 is 1.08 bits per heavy atom. The van der Waals surface area contributed by atoms with E-state index in [9.17, 15) is 44.4 Å². The Hall–Kier alpha value is -4.92. The summed E-state index contributed by atoms with van der Waals surface area (Å²) in [6, 6.07) is 4.67. The molecule has 6 unspecified atom stereocenters.